The molecule has 0 fully saturated rings. The van der Waals surface area contributed by atoms with Crippen molar-refractivity contribution >= 4 is 29.1 Å². The number of nitrogens with one attached hydrogen (secondary N) is 2. The molecule has 0 spiro atoms. The molecular formula is C18H18ClF3N3O2+. The van der Waals surface area contributed by atoms with Gasteiger partial charge in [-0.15, -0.1) is 0 Å². The van der Waals surface area contributed by atoms with Gasteiger partial charge in [-0.05, 0) is 31.2 Å². The second-order valence-corrected chi connectivity index (χ2v) is 6.27. The summed E-state index contributed by atoms with van der Waals surface area (Å²) in [5, 5.41) is 6.79. The molecule has 0 heterocycles. The molecule has 0 aliphatic carbocycles. The highest BCUT2D eigenvalue weighted by molar-refractivity contribution is 6.30. The molecule has 4 N–H and O–H groups in total. The molecule has 0 radical (unpaired) electrons. The van der Waals surface area contributed by atoms with Crippen LogP contribution in [0.1, 0.15) is 18.5 Å². The molecule has 0 saturated carbocycles. The number of carbonyl (C=O) groups excluding carboxylic acids is 2. The summed E-state index contributed by atoms with van der Waals surface area (Å²) in [5.41, 5.74) is 0.441. The molecule has 0 saturated heterocycles. The summed E-state index contributed by atoms with van der Waals surface area (Å²) < 4.78 is 39.5. The van der Waals surface area contributed by atoms with E-state index in [2.05, 4.69) is 10.6 Å². The fourth-order valence-electron chi connectivity index (χ4n) is 2.28. The fourth-order valence-corrected chi connectivity index (χ4v) is 2.48. The van der Waals surface area contributed by atoms with Crippen molar-refractivity contribution in [2.75, 3.05) is 18.4 Å². The van der Waals surface area contributed by atoms with Crippen LogP contribution < -0.4 is 16.0 Å². The zero-order chi connectivity index (χ0) is 20.0. The van der Waals surface area contributed by atoms with Crippen molar-refractivity contribution in [3.8, 4) is 0 Å². The molecule has 0 unspecified atom stereocenters. The molecule has 2 aromatic carbocycles. The predicted molar refractivity (Wildman–Crippen MR) is 94.6 cm³/mol. The van der Waals surface area contributed by atoms with Crippen LogP contribution in [0.15, 0.2) is 36.4 Å². The predicted octanol–water partition coefficient (Wildman–Crippen LogP) is 2.14. The Morgan fingerprint density at radius 2 is 1.85 bits per heavy atom. The van der Waals surface area contributed by atoms with Gasteiger partial charge in [-0.3, -0.25) is 9.59 Å². The summed E-state index contributed by atoms with van der Waals surface area (Å²) in [4.78, 5) is 23.6. The third-order valence-corrected chi connectivity index (χ3v) is 4.02. The van der Waals surface area contributed by atoms with Gasteiger partial charge < -0.3 is 16.0 Å². The van der Waals surface area contributed by atoms with Crippen molar-refractivity contribution in [2.24, 2.45) is 0 Å². The molecular weight excluding hydrogens is 383 g/mol. The topological polar surface area (TPSA) is 74.8 Å². The number of quaternary nitrogens is 1. The van der Waals surface area contributed by atoms with E-state index in [9.17, 15) is 22.8 Å². The van der Waals surface area contributed by atoms with Gasteiger partial charge >= 0.3 is 0 Å². The van der Waals surface area contributed by atoms with Gasteiger partial charge in [0, 0.05) is 10.6 Å². The average molecular weight is 401 g/mol. The Morgan fingerprint density at radius 3 is 2.56 bits per heavy atom. The van der Waals surface area contributed by atoms with E-state index in [-0.39, 0.29) is 12.6 Å². The third-order valence-electron chi connectivity index (χ3n) is 3.79. The van der Waals surface area contributed by atoms with Gasteiger partial charge in [0.25, 0.3) is 5.91 Å². The molecule has 0 aliphatic heterocycles. The number of nitrogens with two attached hydrogens (primary N) is 1. The van der Waals surface area contributed by atoms with E-state index in [1.807, 2.05) is 19.1 Å². The Kier molecular flexibility index (Phi) is 7.20. The van der Waals surface area contributed by atoms with E-state index in [1.54, 1.807) is 17.4 Å². The Morgan fingerprint density at radius 1 is 1.11 bits per heavy atom. The summed E-state index contributed by atoms with van der Waals surface area (Å²) in [6.07, 6.45) is 0. The van der Waals surface area contributed by atoms with Gasteiger partial charge in [-0.25, -0.2) is 13.2 Å². The molecule has 2 rings (SSSR count). The first-order valence-electron chi connectivity index (χ1n) is 8.06. The minimum Gasteiger partial charge on any atom is -0.342 e. The maximum absolute atomic E-state index is 13.5. The van der Waals surface area contributed by atoms with E-state index in [0.29, 0.717) is 11.1 Å². The summed E-state index contributed by atoms with van der Waals surface area (Å²) in [6, 6.07) is 8.80. The van der Waals surface area contributed by atoms with Crippen LogP contribution in [0.3, 0.4) is 0 Å². The van der Waals surface area contributed by atoms with E-state index in [4.69, 9.17) is 11.6 Å². The van der Waals surface area contributed by atoms with Crippen molar-refractivity contribution in [3.63, 3.8) is 0 Å². The van der Waals surface area contributed by atoms with Crippen molar-refractivity contribution in [3.05, 3.63) is 64.4 Å². The van der Waals surface area contributed by atoms with E-state index in [1.165, 1.54) is 0 Å². The molecule has 0 aliphatic rings. The second kappa shape index (κ2) is 9.38. The lowest BCUT2D eigenvalue weighted by molar-refractivity contribution is -0.682. The summed E-state index contributed by atoms with van der Waals surface area (Å²) in [7, 11) is 0. The molecule has 1 atom stereocenters. The molecule has 27 heavy (non-hydrogen) atoms. The van der Waals surface area contributed by atoms with Crippen LogP contribution in [0, 0.1) is 17.5 Å². The highest BCUT2D eigenvalue weighted by Crippen LogP contribution is 2.19. The van der Waals surface area contributed by atoms with Gasteiger partial charge in [-0.2, -0.15) is 0 Å². The number of benzene rings is 2. The van der Waals surface area contributed by atoms with Crippen molar-refractivity contribution < 1.29 is 28.1 Å². The monoisotopic (exact) mass is 400 g/mol. The molecule has 9 heteroatoms. The fraction of sp³-hybridized carbons (Fsp3) is 0.222. The first-order valence-corrected chi connectivity index (χ1v) is 8.44. The van der Waals surface area contributed by atoms with Crippen LogP contribution in [-0.2, 0) is 9.59 Å². The van der Waals surface area contributed by atoms with E-state index < -0.39 is 41.5 Å². The van der Waals surface area contributed by atoms with Crippen LogP contribution >= 0.6 is 11.6 Å². The largest absolute Gasteiger partial charge is 0.342 e. The first-order chi connectivity index (χ1) is 12.8. The summed E-state index contributed by atoms with van der Waals surface area (Å²) >= 11 is 5.92. The Balaban J connectivity index is 1.78. The smallest absolute Gasteiger partial charge is 0.275 e. The molecule has 5 nitrogen and oxygen atoms in total. The number of rotatable bonds is 7. The third kappa shape index (κ3) is 5.97. The highest BCUT2D eigenvalue weighted by atomic mass is 35.5. The minimum atomic E-state index is -1.68. The van der Waals surface area contributed by atoms with Crippen LogP contribution in [0.25, 0.3) is 0 Å². The number of hydrogen-bond donors (Lipinski definition) is 3. The summed E-state index contributed by atoms with van der Waals surface area (Å²) in [6.45, 7) is 1.52. The number of halogens is 4. The van der Waals surface area contributed by atoms with Crippen molar-refractivity contribution in [1.29, 1.82) is 0 Å². The van der Waals surface area contributed by atoms with Crippen LogP contribution in [0.5, 0.6) is 0 Å². The Hall–Kier alpha value is -2.58. The second-order valence-electron chi connectivity index (χ2n) is 5.83. The summed E-state index contributed by atoms with van der Waals surface area (Å²) in [5.74, 6) is -5.72. The van der Waals surface area contributed by atoms with Gasteiger partial charge in [0.05, 0.1) is 12.2 Å². The first kappa shape index (κ1) is 20.7. The van der Waals surface area contributed by atoms with Gasteiger partial charge in [0.15, 0.2) is 24.0 Å². The maximum atomic E-state index is 13.5. The highest BCUT2D eigenvalue weighted by Gasteiger charge is 2.16. The molecule has 144 valence electrons. The van der Waals surface area contributed by atoms with Crippen LogP contribution in [-0.4, -0.2) is 24.9 Å². The SMILES string of the molecule is C[C@@H]([NH2+]CC(=O)NCC(=O)Nc1ccc(F)c(F)c1F)c1cccc(Cl)c1. The molecule has 0 bridgehead atoms. The Bertz CT molecular complexity index is 849. The van der Waals surface area contributed by atoms with Crippen LogP contribution in [0.2, 0.25) is 5.02 Å². The van der Waals surface area contributed by atoms with Crippen molar-refractivity contribution in [2.45, 2.75) is 13.0 Å². The maximum Gasteiger partial charge on any atom is 0.275 e. The molecule has 2 aromatic rings. The Labute approximate surface area is 158 Å². The van der Waals surface area contributed by atoms with E-state index in [0.717, 1.165) is 11.6 Å². The molecule has 0 aromatic heterocycles. The lowest BCUT2D eigenvalue weighted by Crippen LogP contribution is -2.87. The number of carbonyl (C=O) groups is 2. The number of anilines is 1. The van der Waals surface area contributed by atoms with Gasteiger partial charge in [0.2, 0.25) is 5.91 Å². The van der Waals surface area contributed by atoms with Crippen molar-refractivity contribution in [1.82, 2.24) is 5.32 Å². The average Bonchev–Trinajstić information content (AvgIpc) is 2.65. The number of amides is 2. The van der Waals surface area contributed by atoms with Crippen LogP contribution in [0.4, 0.5) is 18.9 Å². The minimum absolute atomic E-state index is 0.0282. The van der Waals surface area contributed by atoms with Gasteiger partial charge in [0.1, 0.15) is 6.04 Å². The lowest BCUT2D eigenvalue weighted by Gasteiger charge is -2.12. The normalized spacial score (nSPS) is 11.7. The number of hydrogen-bond acceptors (Lipinski definition) is 2. The lowest BCUT2D eigenvalue weighted by atomic mass is 10.1. The standard InChI is InChI=1S/C18H17ClF3N3O2/c1-10(11-3-2-4-12(19)7-11)23-8-15(26)24-9-16(27)25-14-6-5-13(20)17(21)18(14)22/h2-7,10,23H,8-9H2,1H3,(H,24,26)(H,25,27)/p+1/t10-/m1/s1. The zero-order valence-corrected chi connectivity index (χ0v) is 15.1. The van der Waals surface area contributed by atoms with Gasteiger partial charge in [-0.1, -0.05) is 23.7 Å². The zero-order valence-electron chi connectivity index (χ0n) is 14.4. The molecule has 2 amide bonds. The quantitative estimate of drug-likeness (QED) is 0.623. The van der Waals surface area contributed by atoms with E-state index >= 15 is 0 Å².